The fraction of sp³-hybridized carbons (Fsp3) is 0.273. The summed E-state index contributed by atoms with van der Waals surface area (Å²) >= 11 is 15.4. The van der Waals surface area contributed by atoms with E-state index < -0.39 is 0 Å². The van der Waals surface area contributed by atoms with Gasteiger partial charge < -0.3 is 0 Å². The molecule has 0 radical (unpaired) electrons. The van der Waals surface area contributed by atoms with Crippen LogP contribution in [-0.2, 0) is 0 Å². The Morgan fingerprint density at radius 1 is 1.47 bits per heavy atom. The van der Waals surface area contributed by atoms with Crippen molar-refractivity contribution >= 4 is 39.1 Å². The van der Waals surface area contributed by atoms with Crippen LogP contribution in [0.1, 0.15) is 24.4 Å². The topological polar surface area (TPSA) is 30.7 Å². The van der Waals surface area contributed by atoms with Gasteiger partial charge in [0.15, 0.2) is 0 Å². The molecule has 0 aliphatic heterocycles. The first-order valence-corrected chi connectivity index (χ1v) is 6.74. The van der Waals surface area contributed by atoms with E-state index in [2.05, 4.69) is 26.2 Å². The molecule has 6 heteroatoms. The predicted octanol–water partition coefficient (Wildman–Crippen LogP) is 4.37. The van der Waals surface area contributed by atoms with Gasteiger partial charge in [0.2, 0.25) is 0 Å². The summed E-state index contributed by atoms with van der Waals surface area (Å²) in [4.78, 5) is 0. The van der Waals surface area contributed by atoms with E-state index in [1.165, 1.54) is 0 Å². The molecule has 0 amide bonds. The van der Waals surface area contributed by atoms with Gasteiger partial charge in [-0.1, -0.05) is 23.7 Å². The first kappa shape index (κ1) is 12.9. The molecule has 1 atom stereocenters. The van der Waals surface area contributed by atoms with E-state index in [1.54, 1.807) is 10.7 Å². The normalized spacial score (nSPS) is 12.7. The molecule has 0 saturated heterocycles. The van der Waals surface area contributed by atoms with Gasteiger partial charge in [-0.15, -0.1) is 16.7 Å². The molecule has 2 rings (SSSR count). The third-order valence-corrected chi connectivity index (χ3v) is 4.10. The highest BCUT2D eigenvalue weighted by Crippen LogP contribution is 2.26. The number of benzene rings is 1. The predicted molar refractivity (Wildman–Crippen MR) is 73.0 cm³/mol. The van der Waals surface area contributed by atoms with E-state index >= 15 is 0 Å². The molecule has 2 aromatic rings. The van der Waals surface area contributed by atoms with Gasteiger partial charge in [-0.2, -0.15) is 0 Å². The Bertz CT molecular complexity index is 527. The number of nitrogens with zero attached hydrogens (tertiary/aromatic N) is 3. The maximum atomic E-state index is 6.10. The second kappa shape index (κ2) is 5.38. The lowest BCUT2D eigenvalue weighted by molar-refractivity contribution is 0.785. The van der Waals surface area contributed by atoms with E-state index in [4.69, 9.17) is 23.2 Å². The van der Waals surface area contributed by atoms with Gasteiger partial charge in [0, 0.05) is 4.47 Å². The van der Waals surface area contributed by atoms with Crippen LogP contribution >= 0.6 is 39.1 Å². The van der Waals surface area contributed by atoms with E-state index in [9.17, 15) is 0 Å². The van der Waals surface area contributed by atoms with E-state index in [0.29, 0.717) is 5.02 Å². The molecule has 0 N–H and O–H groups in total. The molecule has 0 spiro atoms. The molecule has 0 aliphatic carbocycles. The van der Waals surface area contributed by atoms with Crippen molar-refractivity contribution in [2.24, 2.45) is 0 Å². The Balaban J connectivity index is 2.33. The molecule has 90 valence electrons. The number of rotatable bonds is 3. The first-order chi connectivity index (χ1) is 8.11. The Morgan fingerprint density at radius 3 is 2.88 bits per heavy atom. The van der Waals surface area contributed by atoms with Crippen molar-refractivity contribution in [1.29, 1.82) is 0 Å². The van der Waals surface area contributed by atoms with Crippen molar-refractivity contribution in [3.8, 4) is 5.69 Å². The molecule has 17 heavy (non-hydrogen) atoms. The lowest BCUT2D eigenvalue weighted by Gasteiger charge is -2.02. The molecule has 0 aliphatic rings. The van der Waals surface area contributed by atoms with Crippen molar-refractivity contribution in [2.45, 2.75) is 18.7 Å². The fourth-order valence-electron chi connectivity index (χ4n) is 1.38. The van der Waals surface area contributed by atoms with Gasteiger partial charge in [-0.25, -0.2) is 4.68 Å². The Kier molecular flexibility index (Phi) is 4.07. The second-order valence-electron chi connectivity index (χ2n) is 3.56. The van der Waals surface area contributed by atoms with E-state index in [-0.39, 0.29) is 5.38 Å². The zero-order chi connectivity index (χ0) is 12.4. The minimum atomic E-state index is -0.0977. The van der Waals surface area contributed by atoms with Crippen LogP contribution in [0.15, 0.2) is 28.9 Å². The quantitative estimate of drug-likeness (QED) is 0.780. The third-order valence-electron chi connectivity index (χ3n) is 2.36. The molecule has 1 aromatic carbocycles. The number of hydrogen-bond acceptors (Lipinski definition) is 2. The van der Waals surface area contributed by atoms with Gasteiger partial charge in [0.1, 0.15) is 5.69 Å². The molecule has 0 fully saturated rings. The summed E-state index contributed by atoms with van der Waals surface area (Å²) in [6.45, 7) is 2.01. The smallest absolute Gasteiger partial charge is 0.101 e. The number of alkyl halides is 1. The standard InChI is InChI=1S/C11H10BrCl2N3/c1-2-9(13)11-6-17(16-15-11)7-3-4-10(14)8(12)5-7/h3-6,9H,2H2,1H3. The molecule has 1 aromatic heterocycles. The Labute approximate surface area is 118 Å². The summed E-state index contributed by atoms with van der Waals surface area (Å²) < 4.78 is 2.51. The van der Waals surface area contributed by atoms with Crippen LogP contribution in [0.2, 0.25) is 5.02 Å². The highest BCUT2D eigenvalue weighted by molar-refractivity contribution is 9.10. The molecule has 1 unspecified atom stereocenters. The van der Waals surface area contributed by atoms with E-state index in [1.807, 2.05) is 25.3 Å². The van der Waals surface area contributed by atoms with Gasteiger partial charge in [-0.05, 0) is 40.5 Å². The van der Waals surface area contributed by atoms with Crippen LogP contribution in [-0.4, -0.2) is 15.0 Å². The second-order valence-corrected chi connectivity index (χ2v) is 5.35. The molecular formula is C11H10BrCl2N3. The number of aromatic nitrogens is 3. The Hall–Kier alpha value is -0.580. The van der Waals surface area contributed by atoms with Crippen molar-refractivity contribution in [1.82, 2.24) is 15.0 Å². The SMILES string of the molecule is CCC(Cl)c1cn(-c2ccc(Cl)c(Br)c2)nn1. The summed E-state index contributed by atoms with van der Waals surface area (Å²) in [6.07, 6.45) is 2.65. The largest absolute Gasteiger partial charge is 0.220 e. The zero-order valence-electron chi connectivity index (χ0n) is 9.07. The maximum absolute atomic E-state index is 6.10. The minimum Gasteiger partial charge on any atom is -0.220 e. The maximum Gasteiger partial charge on any atom is 0.101 e. The minimum absolute atomic E-state index is 0.0977. The average Bonchev–Trinajstić information content (AvgIpc) is 2.81. The summed E-state index contributed by atoms with van der Waals surface area (Å²) in [5.41, 5.74) is 1.67. The monoisotopic (exact) mass is 333 g/mol. The summed E-state index contributed by atoms with van der Waals surface area (Å²) in [7, 11) is 0. The van der Waals surface area contributed by atoms with Crippen molar-refractivity contribution < 1.29 is 0 Å². The number of hydrogen-bond donors (Lipinski definition) is 0. The Morgan fingerprint density at radius 2 is 2.24 bits per heavy atom. The third kappa shape index (κ3) is 2.81. The van der Waals surface area contributed by atoms with Crippen molar-refractivity contribution in [2.75, 3.05) is 0 Å². The molecular weight excluding hydrogens is 325 g/mol. The van der Waals surface area contributed by atoms with Crippen LogP contribution in [0.3, 0.4) is 0 Å². The van der Waals surface area contributed by atoms with Gasteiger partial charge in [0.25, 0.3) is 0 Å². The van der Waals surface area contributed by atoms with E-state index in [0.717, 1.165) is 22.3 Å². The van der Waals surface area contributed by atoms with Gasteiger partial charge in [0.05, 0.1) is 22.3 Å². The lowest BCUT2D eigenvalue weighted by Crippen LogP contribution is -1.94. The summed E-state index contributed by atoms with van der Waals surface area (Å²) in [5, 5.41) is 8.66. The average molecular weight is 335 g/mol. The summed E-state index contributed by atoms with van der Waals surface area (Å²) in [6, 6.07) is 5.57. The molecule has 0 saturated carbocycles. The zero-order valence-corrected chi connectivity index (χ0v) is 12.2. The van der Waals surface area contributed by atoms with Crippen LogP contribution in [0, 0.1) is 0 Å². The fourth-order valence-corrected chi connectivity index (χ4v) is 1.97. The van der Waals surface area contributed by atoms with Crippen LogP contribution in [0.25, 0.3) is 5.69 Å². The van der Waals surface area contributed by atoms with Crippen molar-refractivity contribution in [3.05, 3.63) is 39.6 Å². The molecule has 1 heterocycles. The van der Waals surface area contributed by atoms with Gasteiger partial charge in [-0.3, -0.25) is 0 Å². The van der Waals surface area contributed by atoms with Crippen LogP contribution < -0.4 is 0 Å². The number of halogens is 3. The van der Waals surface area contributed by atoms with Crippen LogP contribution in [0.4, 0.5) is 0 Å². The molecule has 0 bridgehead atoms. The molecule has 3 nitrogen and oxygen atoms in total. The highest BCUT2D eigenvalue weighted by atomic mass is 79.9. The van der Waals surface area contributed by atoms with Gasteiger partial charge >= 0.3 is 0 Å². The lowest BCUT2D eigenvalue weighted by atomic mass is 10.2. The highest BCUT2D eigenvalue weighted by Gasteiger charge is 2.11. The van der Waals surface area contributed by atoms with Crippen molar-refractivity contribution in [3.63, 3.8) is 0 Å². The summed E-state index contributed by atoms with van der Waals surface area (Å²) in [5.74, 6) is 0. The van der Waals surface area contributed by atoms with Crippen LogP contribution in [0.5, 0.6) is 0 Å². The first-order valence-electron chi connectivity index (χ1n) is 5.13.